The van der Waals surface area contributed by atoms with Gasteiger partial charge in [0.2, 0.25) is 0 Å². The standard InChI is InChI=1S/C11H21ClN2O/c1-11(2,3)14-7-5-9(6-8-14)13(4)10(12)15/h9H,5-8H2,1-4H3. The third-order valence-corrected chi connectivity index (χ3v) is 3.50. The zero-order valence-corrected chi connectivity index (χ0v) is 10.8. The van der Waals surface area contributed by atoms with Crippen molar-refractivity contribution in [3.05, 3.63) is 0 Å². The third kappa shape index (κ3) is 3.35. The predicted molar refractivity (Wildman–Crippen MR) is 63.4 cm³/mol. The SMILES string of the molecule is CN(C(=O)Cl)C1CCN(C(C)(C)C)CC1. The highest BCUT2D eigenvalue weighted by molar-refractivity contribution is 6.62. The molecule has 1 saturated heterocycles. The molecule has 0 spiro atoms. The van der Waals surface area contributed by atoms with E-state index in [1.165, 1.54) is 0 Å². The fourth-order valence-electron chi connectivity index (χ4n) is 2.07. The Morgan fingerprint density at radius 1 is 1.33 bits per heavy atom. The van der Waals surface area contributed by atoms with Crippen molar-refractivity contribution in [2.45, 2.75) is 45.2 Å². The topological polar surface area (TPSA) is 23.6 Å². The molecule has 3 nitrogen and oxygen atoms in total. The van der Waals surface area contributed by atoms with Gasteiger partial charge in [-0.05, 0) is 45.2 Å². The van der Waals surface area contributed by atoms with Gasteiger partial charge in [-0.1, -0.05) is 0 Å². The molecule has 1 aliphatic heterocycles. The number of likely N-dealkylation sites (tertiary alicyclic amines) is 1. The van der Waals surface area contributed by atoms with Gasteiger partial charge in [-0.3, -0.25) is 9.69 Å². The summed E-state index contributed by atoms with van der Waals surface area (Å²) < 4.78 is 0. The van der Waals surface area contributed by atoms with Crippen LogP contribution < -0.4 is 0 Å². The molecule has 0 bridgehead atoms. The number of carbonyl (C=O) groups is 1. The van der Waals surface area contributed by atoms with E-state index in [0.717, 1.165) is 25.9 Å². The summed E-state index contributed by atoms with van der Waals surface area (Å²) >= 11 is 5.46. The Morgan fingerprint density at radius 3 is 2.13 bits per heavy atom. The maximum atomic E-state index is 11.0. The molecule has 0 radical (unpaired) electrons. The van der Waals surface area contributed by atoms with E-state index in [-0.39, 0.29) is 10.9 Å². The lowest BCUT2D eigenvalue weighted by Gasteiger charge is -2.42. The quantitative estimate of drug-likeness (QED) is 0.513. The van der Waals surface area contributed by atoms with Gasteiger partial charge in [-0.25, -0.2) is 0 Å². The van der Waals surface area contributed by atoms with Gasteiger partial charge in [0.15, 0.2) is 0 Å². The lowest BCUT2D eigenvalue weighted by Crippen LogP contribution is -2.50. The van der Waals surface area contributed by atoms with Crippen LogP contribution in [-0.2, 0) is 0 Å². The highest BCUT2D eigenvalue weighted by Crippen LogP contribution is 2.22. The fraction of sp³-hybridized carbons (Fsp3) is 0.909. The average Bonchev–Trinajstić information content (AvgIpc) is 2.15. The maximum Gasteiger partial charge on any atom is 0.316 e. The Bertz CT molecular complexity index is 229. The normalized spacial score (nSPS) is 20.3. The van der Waals surface area contributed by atoms with Crippen LogP contribution in [0.2, 0.25) is 0 Å². The molecular weight excluding hydrogens is 212 g/mol. The molecule has 0 aromatic carbocycles. The van der Waals surface area contributed by atoms with E-state index in [2.05, 4.69) is 25.7 Å². The molecule has 1 aliphatic rings. The molecule has 1 fully saturated rings. The van der Waals surface area contributed by atoms with Crippen molar-refractivity contribution in [2.24, 2.45) is 0 Å². The van der Waals surface area contributed by atoms with Crippen molar-refractivity contribution in [1.82, 2.24) is 9.80 Å². The van der Waals surface area contributed by atoms with Crippen LogP contribution in [-0.4, -0.2) is 46.9 Å². The van der Waals surface area contributed by atoms with Crippen LogP contribution >= 0.6 is 11.6 Å². The van der Waals surface area contributed by atoms with E-state index >= 15 is 0 Å². The molecule has 1 amide bonds. The van der Waals surface area contributed by atoms with Gasteiger partial charge in [-0.15, -0.1) is 0 Å². The van der Waals surface area contributed by atoms with Crippen molar-refractivity contribution in [3.63, 3.8) is 0 Å². The summed E-state index contributed by atoms with van der Waals surface area (Å²) in [6, 6.07) is 0.314. The Kier molecular flexibility index (Phi) is 4.01. The van der Waals surface area contributed by atoms with Crippen LogP contribution in [0.5, 0.6) is 0 Å². The first-order valence-electron chi connectivity index (χ1n) is 5.49. The molecule has 0 aromatic heterocycles. The predicted octanol–water partition coefficient (Wildman–Crippen LogP) is 2.54. The molecule has 0 saturated carbocycles. The van der Waals surface area contributed by atoms with Crippen LogP contribution in [0.25, 0.3) is 0 Å². The number of hydrogen-bond acceptors (Lipinski definition) is 2. The maximum absolute atomic E-state index is 11.0. The van der Waals surface area contributed by atoms with Crippen molar-refractivity contribution in [3.8, 4) is 0 Å². The van der Waals surface area contributed by atoms with E-state index in [4.69, 9.17) is 11.6 Å². The molecule has 0 unspecified atom stereocenters. The van der Waals surface area contributed by atoms with Crippen molar-refractivity contribution >= 4 is 17.0 Å². The molecule has 15 heavy (non-hydrogen) atoms. The summed E-state index contributed by atoms with van der Waals surface area (Å²) in [6.07, 6.45) is 2.04. The molecule has 4 heteroatoms. The smallest absolute Gasteiger partial charge is 0.316 e. The van der Waals surface area contributed by atoms with E-state index in [9.17, 15) is 4.79 Å². The second-order valence-electron chi connectivity index (χ2n) is 5.25. The van der Waals surface area contributed by atoms with Crippen molar-refractivity contribution in [1.29, 1.82) is 0 Å². The van der Waals surface area contributed by atoms with Crippen LogP contribution in [0.3, 0.4) is 0 Å². The second kappa shape index (κ2) is 4.71. The average molecular weight is 233 g/mol. The lowest BCUT2D eigenvalue weighted by molar-refractivity contribution is 0.0771. The van der Waals surface area contributed by atoms with Crippen LogP contribution in [0.15, 0.2) is 0 Å². The Morgan fingerprint density at radius 2 is 1.80 bits per heavy atom. The van der Waals surface area contributed by atoms with Gasteiger partial charge in [0.05, 0.1) is 0 Å². The van der Waals surface area contributed by atoms with Crippen molar-refractivity contribution < 1.29 is 4.79 Å². The summed E-state index contributed by atoms with van der Waals surface area (Å²) in [7, 11) is 1.78. The van der Waals surface area contributed by atoms with Crippen LogP contribution in [0.4, 0.5) is 4.79 Å². The third-order valence-electron chi connectivity index (χ3n) is 3.24. The minimum absolute atomic E-state index is 0.231. The van der Waals surface area contributed by atoms with E-state index in [1.54, 1.807) is 11.9 Å². The summed E-state index contributed by atoms with van der Waals surface area (Å²) in [5, 5.41) is -0.343. The van der Waals surface area contributed by atoms with Gasteiger partial charge in [0.25, 0.3) is 0 Å². The molecule has 0 atom stereocenters. The number of amides is 1. The first kappa shape index (κ1) is 12.8. The lowest BCUT2D eigenvalue weighted by atomic mass is 9.97. The number of nitrogens with zero attached hydrogens (tertiary/aromatic N) is 2. The van der Waals surface area contributed by atoms with Gasteiger partial charge < -0.3 is 4.90 Å². The van der Waals surface area contributed by atoms with E-state index in [0.29, 0.717) is 6.04 Å². The zero-order valence-electron chi connectivity index (χ0n) is 10.1. The highest BCUT2D eigenvalue weighted by Gasteiger charge is 2.29. The highest BCUT2D eigenvalue weighted by atomic mass is 35.5. The summed E-state index contributed by atoms with van der Waals surface area (Å²) in [5.41, 5.74) is 0.231. The van der Waals surface area contributed by atoms with Gasteiger partial charge in [-0.2, -0.15) is 0 Å². The first-order chi connectivity index (χ1) is 6.82. The molecular formula is C11H21ClN2O. The van der Waals surface area contributed by atoms with Gasteiger partial charge in [0, 0.05) is 31.7 Å². The number of rotatable bonds is 1. The second-order valence-corrected chi connectivity index (χ2v) is 5.58. The first-order valence-corrected chi connectivity index (χ1v) is 5.87. The minimum Gasteiger partial charge on any atom is -0.329 e. The molecule has 0 aromatic rings. The summed E-state index contributed by atoms with van der Waals surface area (Å²) in [4.78, 5) is 15.1. The van der Waals surface area contributed by atoms with Gasteiger partial charge >= 0.3 is 5.37 Å². The largest absolute Gasteiger partial charge is 0.329 e. The van der Waals surface area contributed by atoms with E-state index in [1.807, 2.05) is 0 Å². The number of piperidine rings is 1. The molecule has 0 aliphatic carbocycles. The Labute approximate surface area is 97.4 Å². The van der Waals surface area contributed by atoms with Crippen molar-refractivity contribution in [2.75, 3.05) is 20.1 Å². The number of halogens is 1. The Hall–Kier alpha value is -0.280. The molecule has 1 heterocycles. The van der Waals surface area contributed by atoms with Crippen LogP contribution in [0, 0.1) is 0 Å². The molecule has 1 rings (SSSR count). The monoisotopic (exact) mass is 232 g/mol. The van der Waals surface area contributed by atoms with Gasteiger partial charge in [0.1, 0.15) is 0 Å². The van der Waals surface area contributed by atoms with E-state index < -0.39 is 0 Å². The summed E-state index contributed by atoms with van der Waals surface area (Å²) in [5.74, 6) is 0. The molecule has 88 valence electrons. The number of carbonyl (C=O) groups excluding carboxylic acids is 1. The summed E-state index contributed by atoms with van der Waals surface area (Å²) in [6.45, 7) is 8.77. The van der Waals surface area contributed by atoms with Crippen LogP contribution in [0.1, 0.15) is 33.6 Å². The fourth-order valence-corrected chi connectivity index (χ4v) is 2.21. The molecule has 0 N–H and O–H groups in total. The zero-order chi connectivity index (χ0) is 11.6. The Balaban J connectivity index is 2.46. The number of hydrogen-bond donors (Lipinski definition) is 0. The minimum atomic E-state index is -0.343.